The number of unbranched alkanes of at least 4 members (excludes halogenated alkanes) is 1. The fraction of sp³-hybridized carbons (Fsp3) is 0.769. The van der Waals surface area contributed by atoms with Crippen molar-refractivity contribution in [2.75, 3.05) is 6.61 Å². The molecule has 1 heterocycles. The molecule has 1 unspecified atom stereocenters. The molecule has 92 valence electrons. The average Bonchev–Trinajstić information content (AvgIpc) is 2.70. The van der Waals surface area contributed by atoms with E-state index in [0.29, 0.717) is 0 Å². The van der Waals surface area contributed by atoms with Crippen LogP contribution in [0.25, 0.3) is 0 Å². The van der Waals surface area contributed by atoms with E-state index in [4.69, 9.17) is 0 Å². The smallest absolute Gasteiger partial charge is 0.0521 e. The van der Waals surface area contributed by atoms with E-state index in [0.717, 1.165) is 19.3 Å². The Morgan fingerprint density at radius 3 is 2.62 bits per heavy atom. The second kappa shape index (κ2) is 6.04. The van der Waals surface area contributed by atoms with Crippen molar-refractivity contribution in [2.24, 2.45) is 12.5 Å². The Hall–Kier alpha value is -0.830. The van der Waals surface area contributed by atoms with Crippen LogP contribution in [-0.4, -0.2) is 21.5 Å². The van der Waals surface area contributed by atoms with E-state index in [1.165, 1.54) is 18.4 Å². The molecule has 1 atom stereocenters. The van der Waals surface area contributed by atoms with E-state index < -0.39 is 0 Å². The highest BCUT2D eigenvalue weighted by Crippen LogP contribution is 2.32. The zero-order chi connectivity index (χ0) is 12.0. The quantitative estimate of drug-likeness (QED) is 0.773. The summed E-state index contributed by atoms with van der Waals surface area (Å²) < 4.78 is 1.83. The van der Waals surface area contributed by atoms with Crippen LogP contribution >= 0.6 is 0 Å². The lowest BCUT2D eigenvalue weighted by atomic mass is 9.76. The standard InChI is InChI=1S/C13H24N2O/c1-4-6-7-13(5-2,11-16)8-12-9-14-15(3)10-12/h9-10,16H,4-8,11H2,1-3H3. The topological polar surface area (TPSA) is 38.1 Å². The van der Waals surface area contributed by atoms with E-state index in [2.05, 4.69) is 18.9 Å². The van der Waals surface area contributed by atoms with Crippen LogP contribution in [0.2, 0.25) is 0 Å². The van der Waals surface area contributed by atoms with Crippen LogP contribution in [0, 0.1) is 5.41 Å². The maximum Gasteiger partial charge on any atom is 0.0521 e. The first-order chi connectivity index (χ1) is 7.65. The fourth-order valence-corrected chi connectivity index (χ4v) is 2.18. The fourth-order valence-electron chi connectivity index (χ4n) is 2.18. The molecule has 1 N–H and O–H groups in total. The molecule has 16 heavy (non-hydrogen) atoms. The molecule has 1 aromatic heterocycles. The molecule has 0 saturated carbocycles. The predicted octanol–water partition coefficient (Wildman–Crippen LogP) is 2.54. The summed E-state index contributed by atoms with van der Waals surface area (Å²) in [6.07, 6.45) is 9.40. The second-order valence-electron chi connectivity index (χ2n) is 4.81. The van der Waals surface area contributed by atoms with Gasteiger partial charge in [-0.05, 0) is 30.2 Å². The lowest BCUT2D eigenvalue weighted by molar-refractivity contribution is 0.107. The number of aromatic nitrogens is 2. The molecule has 1 aromatic rings. The molecular weight excluding hydrogens is 200 g/mol. The molecule has 1 rings (SSSR count). The number of nitrogens with zero attached hydrogens (tertiary/aromatic N) is 2. The van der Waals surface area contributed by atoms with Gasteiger partial charge in [-0.25, -0.2) is 0 Å². The van der Waals surface area contributed by atoms with Crippen molar-refractivity contribution in [3.05, 3.63) is 18.0 Å². The summed E-state index contributed by atoms with van der Waals surface area (Å²) in [4.78, 5) is 0. The Bertz CT molecular complexity index is 303. The van der Waals surface area contributed by atoms with Crippen LogP contribution in [0.1, 0.15) is 45.1 Å². The average molecular weight is 224 g/mol. The predicted molar refractivity (Wildman–Crippen MR) is 66.2 cm³/mol. The normalized spacial score (nSPS) is 15.0. The highest BCUT2D eigenvalue weighted by atomic mass is 16.3. The summed E-state index contributed by atoms with van der Waals surface area (Å²) in [7, 11) is 1.93. The van der Waals surface area contributed by atoms with E-state index in [9.17, 15) is 5.11 Å². The third kappa shape index (κ3) is 3.34. The van der Waals surface area contributed by atoms with Gasteiger partial charge in [0.15, 0.2) is 0 Å². The summed E-state index contributed by atoms with van der Waals surface area (Å²) in [6.45, 7) is 4.64. The van der Waals surface area contributed by atoms with Crippen molar-refractivity contribution in [1.82, 2.24) is 9.78 Å². The Morgan fingerprint density at radius 2 is 2.19 bits per heavy atom. The van der Waals surface area contributed by atoms with Crippen molar-refractivity contribution >= 4 is 0 Å². The van der Waals surface area contributed by atoms with Crippen LogP contribution in [0.4, 0.5) is 0 Å². The highest BCUT2D eigenvalue weighted by molar-refractivity contribution is 5.07. The van der Waals surface area contributed by atoms with Crippen molar-refractivity contribution < 1.29 is 5.11 Å². The van der Waals surface area contributed by atoms with Gasteiger partial charge in [0, 0.05) is 19.9 Å². The molecule has 0 spiro atoms. The van der Waals surface area contributed by atoms with Gasteiger partial charge in [0.1, 0.15) is 0 Å². The minimum absolute atomic E-state index is 0.0546. The number of aryl methyl sites for hydroxylation is 1. The monoisotopic (exact) mass is 224 g/mol. The molecule has 0 amide bonds. The molecule has 0 fully saturated rings. The van der Waals surface area contributed by atoms with Crippen LogP contribution in [0.15, 0.2) is 12.4 Å². The molecule has 3 nitrogen and oxygen atoms in total. The zero-order valence-corrected chi connectivity index (χ0v) is 10.7. The SMILES string of the molecule is CCCCC(CC)(CO)Cc1cnn(C)c1. The molecule has 0 radical (unpaired) electrons. The Morgan fingerprint density at radius 1 is 1.44 bits per heavy atom. The molecular formula is C13H24N2O. The van der Waals surface area contributed by atoms with Gasteiger partial charge < -0.3 is 5.11 Å². The number of aliphatic hydroxyl groups is 1. The first-order valence-corrected chi connectivity index (χ1v) is 6.24. The lowest BCUT2D eigenvalue weighted by Gasteiger charge is -2.30. The van der Waals surface area contributed by atoms with E-state index in [1.807, 2.05) is 24.1 Å². The van der Waals surface area contributed by atoms with Crippen LogP contribution in [-0.2, 0) is 13.5 Å². The molecule has 0 aliphatic carbocycles. The van der Waals surface area contributed by atoms with Crippen LogP contribution in [0.3, 0.4) is 0 Å². The van der Waals surface area contributed by atoms with Gasteiger partial charge in [0.05, 0.1) is 6.20 Å². The lowest BCUT2D eigenvalue weighted by Crippen LogP contribution is -2.27. The minimum atomic E-state index is 0.0546. The second-order valence-corrected chi connectivity index (χ2v) is 4.81. The highest BCUT2D eigenvalue weighted by Gasteiger charge is 2.27. The first kappa shape index (κ1) is 13.2. The molecule has 0 aliphatic rings. The van der Waals surface area contributed by atoms with Crippen molar-refractivity contribution in [3.8, 4) is 0 Å². The van der Waals surface area contributed by atoms with Gasteiger partial charge in [-0.2, -0.15) is 5.10 Å². The van der Waals surface area contributed by atoms with Crippen molar-refractivity contribution in [2.45, 2.75) is 46.0 Å². The summed E-state index contributed by atoms with van der Waals surface area (Å²) in [5.74, 6) is 0. The number of rotatable bonds is 7. The minimum Gasteiger partial charge on any atom is -0.396 e. The number of hydrogen-bond acceptors (Lipinski definition) is 2. The largest absolute Gasteiger partial charge is 0.396 e. The molecule has 0 saturated heterocycles. The molecule has 3 heteroatoms. The van der Waals surface area contributed by atoms with E-state index >= 15 is 0 Å². The molecule has 0 aromatic carbocycles. The number of aliphatic hydroxyl groups excluding tert-OH is 1. The summed E-state index contributed by atoms with van der Waals surface area (Å²) in [5.41, 5.74) is 1.29. The Balaban J connectivity index is 2.69. The maximum atomic E-state index is 9.64. The number of hydrogen-bond donors (Lipinski definition) is 1. The van der Waals surface area contributed by atoms with Gasteiger partial charge >= 0.3 is 0 Å². The first-order valence-electron chi connectivity index (χ1n) is 6.24. The summed E-state index contributed by atoms with van der Waals surface area (Å²) in [6, 6.07) is 0. The molecule has 0 aliphatic heterocycles. The Labute approximate surface area is 98.5 Å². The van der Waals surface area contributed by atoms with Crippen molar-refractivity contribution in [1.29, 1.82) is 0 Å². The van der Waals surface area contributed by atoms with Crippen LogP contribution < -0.4 is 0 Å². The van der Waals surface area contributed by atoms with Gasteiger partial charge in [0.2, 0.25) is 0 Å². The zero-order valence-electron chi connectivity index (χ0n) is 10.7. The molecule has 0 bridgehead atoms. The van der Waals surface area contributed by atoms with Crippen molar-refractivity contribution in [3.63, 3.8) is 0 Å². The van der Waals surface area contributed by atoms with Gasteiger partial charge in [-0.15, -0.1) is 0 Å². The van der Waals surface area contributed by atoms with Crippen LogP contribution in [0.5, 0.6) is 0 Å². The van der Waals surface area contributed by atoms with Gasteiger partial charge in [0.25, 0.3) is 0 Å². The van der Waals surface area contributed by atoms with Gasteiger partial charge in [-0.1, -0.05) is 26.7 Å². The van der Waals surface area contributed by atoms with Gasteiger partial charge in [-0.3, -0.25) is 4.68 Å². The van der Waals surface area contributed by atoms with E-state index in [-0.39, 0.29) is 12.0 Å². The summed E-state index contributed by atoms with van der Waals surface area (Å²) >= 11 is 0. The third-order valence-corrected chi connectivity index (χ3v) is 3.48. The van der Waals surface area contributed by atoms with E-state index in [1.54, 1.807) is 0 Å². The Kier molecular flexibility index (Phi) is 5.00. The third-order valence-electron chi connectivity index (χ3n) is 3.48. The maximum absolute atomic E-state index is 9.64. The summed E-state index contributed by atoms with van der Waals surface area (Å²) in [5, 5.41) is 13.8.